The molecule has 2 aliphatic rings. The second-order valence-corrected chi connectivity index (χ2v) is 4.43. The molecule has 2 aliphatic carbocycles. The Labute approximate surface area is 79.3 Å². The number of allylic oxidation sites excluding steroid dienone is 1. The molecular formula is C13H14. The van der Waals surface area contributed by atoms with Gasteiger partial charge in [0.05, 0.1) is 0 Å². The first-order valence-electron chi connectivity index (χ1n) is 5.05. The van der Waals surface area contributed by atoms with Crippen molar-refractivity contribution in [2.45, 2.75) is 19.3 Å². The summed E-state index contributed by atoms with van der Waals surface area (Å²) >= 11 is 0. The minimum Gasteiger partial charge on any atom is -0.0728 e. The number of fused-ring (bicyclic) bond motifs is 2. The lowest BCUT2D eigenvalue weighted by Crippen LogP contribution is -2.03. The van der Waals surface area contributed by atoms with Crippen molar-refractivity contribution in [1.82, 2.24) is 0 Å². The number of rotatable bonds is 0. The molecule has 1 unspecified atom stereocenters. The molecule has 0 heteroatoms. The molecule has 1 saturated carbocycles. The van der Waals surface area contributed by atoms with Gasteiger partial charge in [0.2, 0.25) is 0 Å². The van der Waals surface area contributed by atoms with Crippen LogP contribution in [0.15, 0.2) is 30.3 Å². The van der Waals surface area contributed by atoms with E-state index >= 15 is 0 Å². The fourth-order valence-corrected chi connectivity index (χ4v) is 2.96. The van der Waals surface area contributed by atoms with Gasteiger partial charge in [-0.3, -0.25) is 0 Å². The van der Waals surface area contributed by atoms with Crippen LogP contribution in [0.25, 0.3) is 6.08 Å². The standard InChI is InChI=1S/C13H14/c1-9-10(2)13(9)8-7-11-5-3-4-6-12(11)13/h3-10H,1-2H3/t9-,10+,13?. The minimum absolute atomic E-state index is 0.413. The van der Waals surface area contributed by atoms with Crippen molar-refractivity contribution in [1.29, 1.82) is 0 Å². The van der Waals surface area contributed by atoms with Gasteiger partial charge in [0.15, 0.2) is 0 Å². The third-order valence-corrected chi connectivity index (χ3v) is 4.11. The van der Waals surface area contributed by atoms with Crippen molar-refractivity contribution in [3.8, 4) is 0 Å². The Morgan fingerprint density at radius 1 is 1.08 bits per heavy atom. The van der Waals surface area contributed by atoms with Crippen LogP contribution in [0.3, 0.4) is 0 Å². The van der Waals surface area contributed by atoms with Crippen LogP contribution in [0, 0.1) is 11.8 Å². The Kier molecular flexibility index (Phi) is 1.17. The molecule has 0 N–H and O–H groups in total. The Bertz CT molecular complexity index is 379. The molecule has 0 saturated heterocycles. The van der Waals surface area contributed by atoms with Gasteiger partial charge in [-0.1, -0.05) is 50.3 Å². The highest BCUT2D eigenvalue weighted by atomic mass is 14.6. The predicted octanol–water partition coefficient (Wildman–Crippen LogP) is 3.24. The monoisotopic (exact) mass is 170 g/mol. The summed E-state index contributed by atoms with van der Waals surface area (Å²) < 4.78 is 0. The van der Waals surface area contributed by atoms with Gasteiger partial charge in [-0.15, -0.1) is 0 Å². The highest BCUT2D eigenvalue weighted by Crippen LogP contribution is 2.63. The largest absolute Gasteiger partial charge is 0.0728 e. The molecule has 0 bridgehead atoms. The van der Waals surface area contributed by atoms with E-state index in [1.807, 2.05) is 0 Å². The van der Waals surface area contributed by atoms with Crippen LogP contribution < -0.4 is 0 Å². The molecular weight excluding hydrogens is 156 g/mol. The third-order valence-electron chi connectivity index (χ3n) is 4.11. The normalized spacial score (nSPS) is 39.5. The Morgan fingerprint density at radius 3 is 2.46 bits per heavy atom. The van der Waals surface area contributed by atoms with Crippen molar-refractivity contribution in [3.05, 3.63) is 41.5 Å². The average molecular weight is 170 g/mol. The lowest BCUT2D eigenvalue weighted by atomic mass is 9.94. The molecule has 0 radical (unpaired) electrons. The van der Waals surface area contributed by atoms with Crippen molar-refractivity contribution < 1.29 is 0 Å². The van der Waals surface area contributed by atoms with E-state index in [9.17, 15) is 0 Å². The zero-order valence-electron chi connectivity index (χ0n) is 8.12. The topological polar surface area (TPSA) is 0 Å². The van der Waals surface area contributed by atoms with E-state index < -0.39 is 0 Å². The van der Waals surface area contributed by atoms with E-state index in [2.05, 4.69) is 50.3 Å². The Hall–Kier alpha value is -1.04. The summed E-state index contributed by atoms with van der Waals surface area (Å²) in [6.45, 7) is 4.72. The highest BCUT2D eigenvalue weighted by molar-refractivity contribution is 5.68. The maximum absolute atomic E-state index is 2.41. The van der Waals surface area contributed by atoms with Crippen LogP contribution >= 0.6 is 0 Å². The SMILES string of the molecule is C[C@@H]1[C@H](C)C12C=Cc1ccccc12. The van der Waals surface area contributed by atoms with Crippen LogP contribution in [0.4, 0.5) is 0 Å². The van der Waals surface area contributed by atoms with Gasteiger partial charge in [-0.2, -0.15) is 0 Å². The summed E-state index contributed by atoms with van der Waals surface area (Å²) in [4.78, 5) is 0. The molecule has 1 aromatic carbocycles. The molecule has 13 heavy (non-hydrogen) atoms. The fraction of sp³-hybridized carbons (Fsp3) is 0.385. The molecule has 3 atom stereocenters. The van der Waals surface area contributed by atoms with E-state index in [1.54, 1.807) is 5.56 Å². The van der Waals surface area contributed by atoms with E-state index in [0.29, 0.717) is 5.41 Å². The predicted molar refractivity (Wildman–Crippen MR) is 55.5 cm³/mol. The highest BCUT2D eigenvalue weighted by Gasteiger charge is 2.60. The van der Waals surface area contributed by atoms with Crippen molar-refractivity contribution in [3.63, 3.8) is 0 Å². The number of hydrogen-bond acceptors (Lipinski definition) is 0. The van der Waals surface area contributed by atoms with E-state index in [-0.39, 0.29) is 0 Å². The maximum atomic E-state index is 2.41. The summed E-state index contributed by atoms with van der Waals surface area (Å²) in [6, 6.07) is 8.79. The van der Waals surface area contributed by atoms with Gasteiger partial charge < -0.3 is 0 Å². The third kappa shape index (κ3) is 0.680. The first-order valence-corrected chi connectivity index (χ1v) is 5.05. The molecule has 1 fully saturated rings. The Morgan fingerprint density at radius 2 is 1.77 bits per heavy atom. The molecule has 0 aliphatic heterocycles. The van der Waals surface area contributed by atoms with Crippen molar-refractivity contribution >= 4 is 6.08 Å². The van der Waals surface area contributed by atoms with Crippen LogP contribution in [-0.2, 0) is 5.41 Å². The van der Waals surface area contributed by atoms with E-state index in [0.717, 1.165) is 11.8 Å². The summed E-state index contributed by atoms with van der Waals surface area (Å²) in [5.74, 6) is 1.65. The smallest absolute Gasteiger partial charge is 0.0198 e. The first-order chi connectivity index (χ1) is 6.27. The van der Waals surface area contributed by atoms with Gasteiger partial charge in [0, 0.05) is 5.41 Å². The zero-order valence-corrected chi connectivity index (χ0v) is 8.12. The second kappa shape index (κ2) is 2.06. The average Bonchev–Trinajstić information content (AvgIpc) is 2.59. The van der Waals surface area contributed by atoms with Gasteiger partial charge in [0.25, 0.3) is 0 Å². The number of hydrogen-bond donors (Lipinski definition) is 0. The van der Waals surface area contributed by atoms with Crippen LogP contribution in [-0.4, -0.2) is 0 Å². The van der Waals surface area contributed by atoms with E-state index in [1.165, 1.54) is 5.56 Å². The summed E-state index contributed by atoms with van der Waals surface area (Å²) in [7, 11) is 0. The van der Waals surface area contributed by atoms with E-state index in [4.69, 9.17) is 0 Å². The molecule has 66 valence electrons. The number of benzene rings is 1. The molecule has 0 heterocycles. The molecule has 0 aromatic heterocycles. The van der Waals surface area contributed by atoms with Crippen LogP contribution in [0.5, 0.6) is 0 Å². The van der Waals surface area contributed by atoms with Crippen LogP contribution in [0.1, 0.15) is 25.0 Å². The summed E-state index contributed by atoms with van der Waals surface area (Å²) in [6.07, 6.45) is 4.70. The lowest BCUT2D eigenvalue weighted by Gasteiger charge is -2.09. The lowest BCUT2D eigenvalue weighted by molar-refractivity contribution is 0.780. The summed E-state index contributed by atoms with van der Waals surface area (Å²) in [5, 5.41) is 0. The van der Waals surface area contributed by atoms with Gasteiger partial charge >= 0.3 is 0 Å². The fourth-order valence-electron chi connectivity index (χ4n) is 2.96. The zero-order chi connectivity index (χ0) is 9.05. The van der Waals surface area contributed by atoms with Gasteiger partial charge in [-0.05, 0) is 23.0 Å². The van der Waals surface area contributed by atoms with Crippen LogP contribution in [0.2, 0.25) is 0 Å². The van der Waals surface area contributed by atoms with Crippen molar-refractivity contribution in [2.24, 2.45) is 11.8 Å². The van der Waals surface area contributed by atoms with Gasteiger partial charge in [0.1, 0.15) is 0 Å². The first kappa shape index (κ1) is 7.37. The van der Waals surface area contributed by atoms with Gasteiger partial charge in [-0.25, -0.2) is 0 Å². The molecule has 0 amide bonds. The molecule has 1 aromatic rings. The molecule has 0 nitrogen and oxygen atoms in total. The quantitative estimate of drug-likeness (QED) is 0.560. The van der Waals surface area contributed by atoms with Crippen molar-refractivity contribution in [2.75, 3.05) is 0 Å². The Balaban J connectivity index is 2.19. The maximum Gasteiger partial charge on any atom is 0.0198 e. The second-order valence-electron chi connectivity index (χ2n) is 4.43. The molecule has 3 rings (SSSR count). The molecule has 1 spiro atoms. The summed E-state index contributed by atoms with van der Waals surface area (Å²) in [5.41, 5.74) is 3.39. The minimum atomic E-state index is 0.413.